The van der Waals surface area contributed by atoms with Gasteiger partial charge in [0, 0.05) is 23.7 Å². The molecule has 0 aliphatic carbocycles. The molecule has 0 atom stereocenters. The van der Waals surface area contributed by atoms with Crippen LogP contribution in [-0.4, -0.2) is 35.3 Å². The molecule has 0 amide bonds. The van der Waals surface area contributed by atoms with E-state index >= 15 is 0 Å². The summed E-state index contributed by atoms with van der Waals surface area (Å²) in [6.45, 7) is 3.27. The molecule has 2 heterocycles. The number of nitrogens with zero attached hydrogens (tertiary/aromatic N) is 2. The predicted molar refractivity (Wildman–Crippen MR) is 79.5 cm³/mol. The number of nitrogens with two attached hydrogens (primary N) is 1. The zero-order valence-electron chi connectivity index (χ0n) is 11.7. The minimum Gasteiger partial charge on any atom is -0.496 e. The minimum atomic E-state index is 0.511. The molecule has 1 aromatic carbocycles. The Morgan fingerprint density at radius 3 is 2.75 bits per heavy atom. The fourth-order valence-electron chi connectivity index (χ4n) is 2.74. The van der Waals surface area contributed by atoms with Gasteiger partial charge in [0.2, 0.25) is 0 Å². The number of rotatable bonds is 4. The molecule has 1 aliphatic heterocycles. The predicted octanol–water partition coefficient (Wildman–Crippen LogP) is 2.26. The average Bonchev–Trinajstić information content (AvgIpc) is 3.10. The average molecular weight is 272 g/mol. The van der Waals surface area contributed by atoms with Gasteiger partial charge < -0.3 is 10.5 Å². The molecular weight excluding hydrogens is 252 g/mol. The van der Waals surface area contributed by atoms with Crippen molar-refractivity contribution in [1.82, 2.24) is 15.1 Å². The van der Waals surface area contributed by atoms with Crippen LogP contribution >= 0.6 is 0 Å². The van der Waals surface area contributed by atoms with Crippen molar-refractivity contribution in [2.45, 2.75) is 19.4 Å². The maximum Gasteiger partial charge on any atom is 0.145 e. The largest absolute Gasteiger partial charge is 0.496 e. The van der Waals surface area contributed by atoms with Crippen molar-refractivity contribution in [1.29, 1.82) is 0 Å². The molecule has 0 unspecified atom stereocenters. The van der Waals surface area contributed by atoms with Gasteiger partial charge in [-0.05, 0) is 44.1 Å². The quantitative estimate of drug-likeness (QED) is 0.896. The molecule has 1 fully saturated rings. The fourth-order valence-corrected chi connectivity index (χ4v) is 2.74. The first-order chi connectivity index (χ1) is 9.76. The number of nitrogen functional groups attached to an aromatic ring is 1. The molecule has 5 heteroatoms. The Hall–Kier alpha value is -2.01. The molecule has 20 heavy (non-hydrogen) atoms. The molecule has 3 N–H and O–H groups in total. The monoisotopic (exact) mass is 272 g/mol. The van der Waals surface area contributed by atoms with Crippen LogP contribution in [0, 0.1) is 0 Å². The Balaban J connectivity index is 1.89. The van der Waals surface area contributed by atoms with Gasteiger partial charge in [0.05, 0.1) is 12.8 Å². The number of hydrogen-bond acceptors (Lipinski definition) is 4. The molecule has 0 bridgehead atoms. The number of H-pyrrole nitrogens is 1. The standard InChI is InChI=1S/C15H20N4O/c1-20-14-5-4-11(13-9-15(16)18-17-13)8-12(14)10-19-6-2-3-7-19/h4-5,8-9H,2-3,6-7,10H2,1H3,(H3,16,17,18). The lowest BCUT2D eigenvalue weighted by Gasteiger charge is -2.17. The number of nitrogens with one attached hydrogen (secondary N) is 1. The van der Waals surface area contributed by atoms with Crippen molar-refractivity contribution in [2.24, 2.45) is 0 Å². The Morgan fingerprint density at radius 2 is 2.10 bits per heavy atom. The van der Waals surface area contributed by atoms with Crippen LogP contribution in [0.1, 0.15) is 18.4 Å². The first kappa shape index (κ1) is 13.0. The van der Waals surface area contributed by atoms with Crippen molar-refractivity contribution in [3.63, 3.8) is 0 Å². The van der Waals surface area contributed by atoms with Crippen molar-refractivity contribution in [3.8, 4) is 17.0 Å². The van der Waals surface area contributed by atoms with E-state index in [1.54, 1.807) is 7.11 Å². The minimum absolute atomic E-state index is 0.511. The number of likely N-dealkylation sites (tertiary alicyclic amines) is 1. The zero-order chi connectivity index (χ0) is 13.9. The second-order valence-electron chi connectivity index (χ2n) is 5.22. The first-order valence-corrected chi connectivity index (χ1v) is 6.97. The van der Waals surface area contributed by atoms with Gasteiger partial charge in [-0.2, -0.15) is 5.10 Å². The highest BCUT2D eigenvalue weighted by molar-refractivity contribution is 5.64. The van der Waals surface area contributed by atoms with Gasteiger partial charge >= 0.3 is 0 Å². The van der Waals surface area contributed by atoms with Crippen LogP contribution < -0.4 is 10.5 Å². The highest BCUT2D eigenvalue weighted by Gasteiger charge is 2.15. The second-order valence-corrected chi connectivity index (χ2v) is 5.22. The molecule has 0 radical (unpaired) electrons. The number of benzene rings is 1. The third-order valence-electron chi connectivity index (χ3n) is 3.78. The number of aromatic nitrogens is 2. The van der Waals surface area contributed by atoms with E-state index < -0.39 is 0 Å². The van der Waals surface area contributed by atoms with E-state index in [-0.39, 0.29) is 0 Å². The van der Waals surface area contributed by atoms with E-state index in [0.717, 1.165) is 23.6 Å². The van der Waals surface area contributed by atoms with Crippen LogP contribution in [0.2, 0.25) is 0 Å². The molecule has 1 saturated heterocycles. The second kappa shape index (κ2) is 5.54. The summed E-state index contributed by atoms with van der Waals surface area (Å²) in [4.78, 5) is 2.46. The number of methoxy groups -OCH3 is 1. The van der Waals surface area contributed by atoms with E-state index in [1.807, 2.05) is 18.2 Å². The molecule has 106 valence electrons. The van der Waals surface area contributed by atoms with Gasteiger partial charge in [0.1, 0.15) is 11.6 Å². The van der Waals surface area contributed by atoms with E-state index in [2.05, 4.69) is 21.2 Å². The van der Waals surface area contributed by atoms with E-state index in [1.165, 1.54) is 31.5 Å². The summed E-state index contributed by atoms with van der Waals surface area (Å²) in [7, 11) is 1.72. The first-order valence-electron chi connectivity index (χ1n) is 6.97. The molecule has 5 nitrogen and oxygen atoms in total. The van der Waals surface area contributed by atoms with Crippen LogP contribution in [0.3, 0.4) is 0 Å². The third kappa shape index (κ3) is 2.63. The van der Waals surface area contributed by atoms with E-state index in [0.29, 0.717) is 5.82 Å². The molecule has 1 aliphatic rings. The highest BCUT2D eigenvalue weighted by Crippen LogP contribution is 2.28. The van der Waals surface area contributed by atoms with Gasteiger partial charge in [0.15, 0.2) is 0 Å². The number of anilines is 1. The zero-order valence-corrected chi connectivity index (χ0v) is 11.7. The van der Waals surface area contributed by atoms with Gasteiger partial charge in [-0.15, -0.1) is 0 Å². The lowest BCUT2D eigenvalue weighted by atomic mass is 10.1. The molecule has 3 rings (SSSR count). The highest BCUT2D eigenvalue weighted by atomic mass is 16.5. The summed E-state index contributed by atoms with van der Waals surface area (Å²) in [5, 5.41) is 6.93. The molecule has 0 saturated carbocycles. The van der Waals surface area contributed by atoms with Gasteiger partial charge in [-0.25, -0.2) is 0 Å². The van der Waals surface area contributed by atoms with E-state index in [4.69, 9.17) is 10.5 Å². The van der Waals surface area contributed by atoms with Crippen LogP contribution in [0.25, 0.3) is 11.3 Å². The van der Waals surface area contributed by atoms with Crippen molar-refractivity contribution in [2.75, 3.05) is 25.9 Å². The lowest BCUT2D eigenvalue weighted by molar-refractivity contribution is 0.321. The summed E-state index contributed by atoms with van der Waals surface area (Å²) in [5.41, 5.74) is 8.90. The van der Waals surface area contributed by atoms with Gasteiger partial charge in [-0.1, -0.05) is 0 Å². The lowest BCUT2D eigenvalue weighted by Crippen LogP contribution is -2.18. The van der Waals surface area contributed by atoms with Crippen molar-refractivity contribution >= 4 is 5.82 Å². The maximum absolute atomic E-state index is 5.67. The SMILES string of the molecule is COc1ccc(-c2cc(N)n[nH]2)cc1CN1CCCC1. The van der Waals surface area contributed by atoms with Crippen molar-refractivity contribution < 1.29 is 4.74 Å². The number of aromatic amines is 1. The van der Waals surface area contributed by atoms with Crippen molar-refractivity contribution in [3.05, 3.63) is 29.8 Å². The van der Waals surface area contributed by atoms with Crippen LogP contribution in [0.5, 0.6) is 5.75 Å². The summed E-state index contributed by atoms with van der Waals surface area (Å²) in [5.74, 6) is 1.45. The van der Waals surface area contributed by atoms with Crippen LogP contribution in [-0.2, 0) is 6.54 Å². The third-order valence-corrected chi connectivity index (χ3v) is 3.78. The Kier molecular flexibility index (Phi) is 3.60. The number of ether oxygens (including phenoxy) is 1. The maximum atomic E-state index is 5.67. The summed E-state index contributed by atoms with van der Waals surface area (Å²) in [6, 6.07) is 8.04. The Bertz CT molecular complexity index is 587. The smallest absolute Gasteiger partial charge is 0.145 e. The van der Waals surface area contributed by atoms with Gasteiger partial charge in [0.25, 0.3) is 0 Å². The number of hydrogen-bond donors (Lipinski definition) is 2. The topological polar surface area (TPSA) is 67.2 Å². The van der Waals surface area contributed by atoms with Gasteiger partial charge in [-0.3, -0.25) is 10.00 Å². The summed E-state index contributed by atoms with van der Waals surface area (Å²) in [6.07, 6.45) is 2.58. The van der Waals surface area contributed by atoms with E-state index in [9.17, 15) is 0 Å². The molecule has 0 spiro atoms. The normalized spacial score (nSPS) is 15.7. The van der Waals surface area contributed by atoms with Crippen LogP contribution in [0.4, 0.5) is 5.82 Å². The molecular formula is C15H20N4O. The molecule has 2 aromatic rings. The fraction of sp³-hybridized carbons (Fsp3) is 0.400. The van der Waals surface area contributed by atoms with Crippen LogP contribution in [0.15, 0.2) is 24.3 Å². The molecule has 1 aromatic heterocycles. The Labute approximate surface area is 118 Å². The summed E-state index contributed by atoms with van der Waals surface area (Å²) >= 11 is 0. The Morgan fingerprint density at radius 1 is 1.30 bits per heavy atom. The summed E-state index contributed by atoms with van der Waals surface area (Å²) < 4.78 is 5.47.